The Kier molecular flexibility index (Phi) is 4.57. The predicted molar refractivity (Wildman–Crippen MR) is 85.0 cm³/mol. The number of sulfone groups is 1. The number of hydrogen-bond acceptors (Lipinski definition) is 2. The zero-order valence-electron chi connectivity index (χ0n) is 10.1. The molecular weight excluding hydrogens is 362 g/mol. The summed E-state index contributed by atoms with van der Waals surface area (Å²) in [4.78, 5) is 0.0174. The Labute approximate surface area is 137 Å². The maximum absolute atomic E-state index is 11.7. The van der Waals surface area contributed by atoms with Crippen LogP contribution in [0, 0.1) is 0 Å². The monoisotopic (exact) mass is 368 g/mol. The minimum absolute atomic E-state index is 0.0174. The fourth-order valence-electron chi connectivity index (χ4n) is 1.73. The highest BCUT2D eigenvalue weighted by molar-refractivity contribution is 7.90. The van der Waals surface area contributed by atoms with E-state index in [-0.39, 0.29) is 14.9 Å². The molecule has 0 saturated heterocycles. The first-order valence-corrected chi connectivity index (χ1v) is 8.75. The summed E-state index contributed by atoms with van der Waals surface area (Å²) in [6.45, 7) is 0. The van der Waals surface area contributed by atoms with Gasteiger partial charge in [0, 0.05) is 16.8 Å². The van der Waals surface area contributed by atoms with Crippen LogP contribution in [0.5, 0.6) is 0 Å². The summed E-state index contributed by atoms with van der Waals surface area (Å²) in [7, 11) is -3.45. The van der Waals surface area contributed by atoms with Crippen molar-refractivity contribution in [1.29, 1.82) is 0 Å². The van der Waals surface area contributed by atoms with Gasteiger partial charge in [0.1, 0.15) is 0 Å². The summed E-state index contributed by atoms with van der Waals surface area (Å²) in [6, 6.07) is 7.73. The molecule has 20 heavy (non-hydrogen) atoms. The summed E-state index contributed by atoms with van der Waals surface area (Å²) >= 11 is 24.1. The van der Waals surface area contributed by atoms with Gasteiger partial charge in [0.05, 0.1) is 20.0 Å². The van der Waals surface area contributed by atoms with Crippen LogP contribution in [0.3, 0.4) is 0 Å². The summed E-state index contributed by atoms with van der Waals surface area (Å²) in [5.74, 6) is 0. The van der Waals surface area contributed by atoms with Crippen LogP contribution in [-0.2, 0) is 9.84 Å². The quantitative estimate of drug-likeness (QED) is 0.666. The summed E-state index contributed by atoms with van der Waals surface area (Å²) in [5.41, 5.74) is 1.01. The largest absolute Gasteiger partial charge is 0.224 e. The molecular formula is C13H8Cl4O2S. The van der Waals surface area contributed by atoms with Crippen molar-refractivity contribution in [1.82, 2.24) is 0 Å². The molecule has 0 heterocycles. The van der Waals surface area contributed by atoms with Crippen LogP contribution in [0.2, 0.25) is 20.1 Å². The van der Waals surface area contributed by atoms with Gasteiger partial charge in [0.2, 0.25) is 0 Å². The lowest BCUT2D eigenvalue weighted by atomic mass is 10.1. The van der Waals surface area contributed by atoms with Gasteiger partial charge < -0.3 is 0 Å². The van der Waals surface area contributed by atoms with Gasteiger partial charge in [-0.3, -0.25) is 0 Å². The van der Waals surface area contributed by atoms with E-state index in [9.17, 15) is 8.42 Å². The predicted octanol–water partition coefficient (Wildman–Crippen LogP) is 5.37. The van der Waals surface area contributed by atoms with Crippen molar-refractivity contribution >= 4 is 56.2 Å². The molecule has 106 valence electrons. The van der Waals surface area contributed by atoms with Crippen molar-refractivity contribution in [3.8, 4) is 11.1 Å². The summed E-state index contributed by atoms with van der Waals surface area (Å²) < 4.78 is 23.4. The Morgan fingerprint density at radius 3 is 2.00 bits per heavy atom. The molecule has 2 nitrogen and oxygen atoms in total. The van der Waals surface area contributed by atoms with Gasteiger partial charge in [-0.2, -0.15) is 0 Å². The average Bonchev–Trinajstić information content (AvgIpc) is 2.35. The van der Waals surface area contributed by atoms with E-state index < -0.39 is 9.84 Å². The van der Waals surface area contributed by atoms with E-state index in [4.69, 9.17) is 46.4 Å². The van der Waals surface area contributed by atoms with Crippen molar-refractivity contribution in [2.45, 2.75) is 4.90 Å². The second-order valence-corrected chi connectivity index (χ2v) is 7.72. The fraction of sp³-hybridized carbons (Fsp3) is 0.0769. The number of halogens is 4. The van der Waals surface area contributed by atoms with Crippen LogP contribution in [0.1, 0.15) is 0 Å². The molecule has 0 atom stereocenters. The zero-order valence-corrected chi connectivity index (χ0v) is 14.0. The first-order chi connectivity index (χ1) is 9.21. The molecule has 0 saturated carbocycles. The van der Waals surface area contributed by atoms with E-state index in [1.807, 2.05) is 0 Å². The molecule has 2 aromatic carbocycles. The van der Waals surface area contributed by atoms with Crippen LogP contribution in [0.25, 0.3) is 11.1 Å². The van der Waals surface area contributed by atoms with Crippen molar-refractivity contribution in [2.75, 3.05) is 6.26 Å². The average molecular weight is 370 g/mol. The fourth-order valence-corrected chi connectivity index (χ4v) is 3.78. The molecule has 0 fully saturated rings. The van der Waals surface area contributed by atoms with E-state index in [2.05, 4.69) is 0 Å². The van der Waals surface area contributed by atoms with Gasteiger partial charge in [0.25, 0.3) is 0 Å². The van der Waals surface area contributed by atoms with E-state index in [1.165, 1.54) is 12.1 Å². The molecule has 2 aromatic rings. The smallest absolute Gasteiger partial charge is 0.177 e. The van der Waals surface area contributed by atoms with Gasteiger partial charge in [0.15, 0.2) is 9.84 Å². The Morgan fingerprint density at radius 1 is 0.850 bits per heavy atom. The van der Waals surface area contributed by atoms with Crippen LogP contribution in [0.4, 0.5) is 0 Å². The highest BCUT2D eigenvalue weighted by Gasteiger charge is 2.17. The van der Waals surface area contributed by atoms with Crippen LogP contribution < -0.4 is 0 Å². The zero-order chi connectivity index (χ0) is 15.1. The Bertz CT molecular complexity index is 785. The molecule has 7 heteroatoms. The second kappa shape index (κ2) is 5.74. The van der Waals surface area contributed by atoms with E-state index in [0.717, 1.165) is 6.26 Å². The van der Waals surface area contributed by atoms with Gasteiger partial charge in [-0.25, -0.2) is 8.42 Å². The van der Waals surface area contributed by atoms with Crippen molar-refractivity contribution in [3.05, 3.63) is 50.4 Å². The van der Waals surface area contributed by atoms with Crippen molar-refractivity contribution < 1.29 is 8.42 Å². The van der Waals surface area contributed by atoms with Crippen molar-refractivity contribution in [2.24, 2.45) is 0 Å². The molecule has 0 amide bonds. The second-order valence-electron chi connectivity index (χ2n) is 4.14. The Morgan fingerprint density at radius 2 is 1.40 bits per heavy atom. The van der Waals surface area contributed by atoms with E-state index in [1.54, 1.807) is 18.2 Å². The molecule has 0 aliphatic rings. The molecule has 2 rings (SSSR count). The van der Waals surface area contributed by atoms with Gasteiger partial charge in [-0.05, 0) is 29.8 Å². The van der Waals surface area contributed by atoms with E-state index >= 15 is 0 Å². The standard InChI is InChI=1S/C13H8Cl4O2S/c1-20(18,19)11-6-7(2-3-8(11)14)12-9(15)4-5-10(16)13(12)17/h2-6H,1H3. The van der Waals surface area contributed by atoms with Crippen LogP contribution in [0.15, 0.2) is 35.2 Å². The normalized spacial score (nSPS) is 11.7. The summed E-state index contributed by atoms with van der Waals surface area (Å²) in [5, 5.41) is 1.12. The third kappa shape index (κ3) is 3.07. The topological polar surface area (TPSA) is 34.1 Å². The lowest BCUT2D eigenvalue weighted by Gasteiger charge is -2.11. The lowest BCUT2D eigenvalue weighted by molar-refractivity contribution is 0.602. The lowest BCUT2D eigenvalue weighted by Crippen LogP contribution is -1.98. The maximum atomic E-state index is 11.7. The van der Waals surface area contributed by atoms with Crippen LogP contribution in [-0.4, -0.2) is 14.7 Å². The van der Waals surface area contributed by atoms with E-state index in [0.29, 0.717) is 21.2 Å². The van der Waals surface area contributed by atoms with Gasteiger partial charge in [-0.15, -0.1) is 0 Å². The molecule has 0 unspecified atom stereocenters. The minimum atomic E-state index is -3.45. The number of benzene rings is 2. The first kappa shape index (κ1) is 15.9. The molecule has 0 radical (unpaired) electrons. The summed E-state index contributed by atoms with van der Waals surface area (Å²) in [6.07, 6.45) is 1.08. The Balaban J connectivity index is 2.76. The van der Waals surface area contributed by atoms with Crippen molar-refractivity contribution in [3.63, 3.8) is 0 Å². The molecule has 0 aliphatic carbocycles. The highest BCUT2D eigenvalue weighted by atomic mass is 35.5. The third-order valence-electron chi connectivity index (χ3n) is 2.66. The molecule has 0 N–H and O–H groups in total. The minimum Gasteiger partial charge on any atom is -0.224 e. The third-order valence-corrected chi connectivity index (χ3v) is 5.36. The molecule has 0 spiro atoms. The number of rotatable bonds is 2. The molecule has 0 bridgehead atoms. The van der Waals surface area contributed by atoms with Gasteiger partial charge in [-0.1, -0.05) is 52.5 Å². The molecule has 0 aromatic heterocycles. The molecule has 0 aliphatic heterocycles. The SMILES string of the molecule is CS(=O)(=O)c1cc(-c2c(Cl)ccc(Cl)c2Cl)ccc1Cl. The number of hydrogen-bond donors (Lipinski definition) is 0. The highest BCUT2D eigenvalue weighted by Crippen LogP contribution is 2.40. The van der Waals surface area contributed by atoms with Crippen LogP contribution >= 0.6 is 46.4 Å². The van der Waals surface area contributed by atoms with Gasteiger partial charge >= 0.3 is 0 Å². The maximum Gasteiger partial charge on any atom is 0.177 e. The Hall–Kier alpha value is -0.450. The first-order valence-electron chi connectivity index (χ1n) is 5.35.